The summed E-state index contributed by atoms with van der Waals surface area (Å²) in [6.45, 7) is 5.78. The summed E-state index contributed by atoms with van der Waals surface area (Å²) in [5.74, 6) is 3.06. The number of hydrogen-bond acceptors (Lipinski definition) is 3. The molecule has 5 aliphatic rings. The van der Waals surface area contributed by atoms with Crippen molar-refractivity contribution in [3.8, 4) is 0 Å². The van der Waals surface area contributed by atoms with Crippen molar-refractivity contribution in [1.82, 2.24) is 0 Å². The van der Waals surface area contributed by atoms with Crippen LogP contribution in [0.25, 0.3) is 0 Å². The molecule has 1 unspecified atom stereocenters. The molecule has 4 nitrogen and oxygen atoms in total. The van der Waals surface area contributed by atoms with Crippen LogP contribution in [0, 0.1) is 23.2 Å². The number of nitrogens with zero attached hydrogens (tertiary/aromatic N) is 1. The van der Waals surface area contributed by atoms with Crippen LogP contribution in [0.3, 0.4) is 0 Å². The Morgan fingerprint density at radius 1 is 1.08 bits per heavy atom. The van der Waals surface area contributed by atoms with Crippen molar-refractivity contribution >= 4 is 0 Å². The molecule has 1 saturated heterocycles. The van der Waals surface area contributed by atoms with E-state index in [1.165, 1.54) is 44.9 Å². The highest BCUT2D eigenvalue weighted by molar-refractivity contribution is 5.01. The molecule has 0 spiro atoms. The van der Waals surface area contributed by atoms with Gasteiger partial charge >= 0.3 is 0 Å². The lowest BCUT2D eigenvalue weighted by atomic mass is 9.49. The lowest BCUT2D eigenvalue weighted by Gasteiger charge is -2.57. The average molecular weight is 465 g/mol. The first kappa shape index (κ1) is 20.3. The Kier molecular flexibility index (Phi) is 6.74. The summed E-state index contributed by atoms with van der Waals surface area (Å²) < 4.78 is 12.3. The van der Waals surface area contributed by atoms with Gasteiger partial charge in [-0.25, -0.2) is 0 Å². The zero-order valence-corrected chi connectivity index (χ0v) is 18.0. The first-order valence-electron chi connectivity index (χ1n) is 10.2. The molecule has 5 heteroatoms. The van der Waals surface area contributed by atoms with Gasteiger partial charge in [0.15, 0.2) is 0 Å². The summed E-state index contributed by atoms with van der Waals surface area (Å²) in [6.07, 6.45) is 9.80. The van der Waals surface area contributed by atoms with Gasteiger partial charge in [-0.3, -0.25) is 0 Å². The van der Waals surface area contributed by atoms with Crippen LogP contribution in [0.15, 0.2) is 0 Å². The van der Waals surface area contributed by atoms with Gasteiger partial charge in [-0.05, 0) is 68.1 Å². The van der Waals surface area contributed by atoms with E-state index >= 15 is 0 Å². The third kappa shape index (κ3) is 4.89. The third-order valence-electron chi connectivity index (χ3n) is 7.45. The van der Waals surface area contributed by atoms with Gasteiger partial charge in [0.1, 0.15) is 25.7 Å². The highest BCUT2D eigenvalue weighted by atomic mass is 127. The molecular weight excluding hydrogens is 429 g/mol. The monoisotopic (exact) mass is 465 g/mol. The van der Waals surface area contributed by atoms with Crippen molar-refractivity contribution in [3.63, 3.8) is 0 Å². The van der Waals surface area contributed by atoms with Crippen LogP contribution in [0.5, 0.6) is 0 Å². The fourth-order valence-electron chi connectivity index (χ4n) is 6.63. The van der Waals surface area contributed by atoms with Gasteiger partial charge in [0, 0.05) is 6.61 Å². The molecule has 1 atom stereocenters. The summed E-state index contributed by atoms with van der Waals surface area (Å²) in [4.78, 5) is 0. The van der Waals surface area contributed by atoms with Crippen molar-refractivity contribution in [2.24, 2.45) is 23.2 Å². The quantitative estimate of drug-likeness (QED) is 0.312. The Balaban J connectivity index is 0.00000182. The van der Waals surface area contributed by atoms with Gasteiger partial charge in [-0.1, -0.05) is 0 Å². The first-order valence-corrected chi connectivity index (χ1v) is 10.2. The highest BCUT2D eigenvalue weighted by Gasteiger charge is 2.50. The Morgan fingerprint density at radius 3 is 2.20 bits per heavy atom. The van der Waals surface area contributed by atoms with Gasteiger partial charge in [-0.2, -0.15) is 0 Å². The normalized spacial score (nSPS) is 39.8. The molecule has 0 aromatic rings. The number of morpholine rings is 1. The second kappa shape index (κ2) is 8.29. The number of quaternary nitrogens is 1. The highest BCUT2D eigenvalue weighted by Crippen LogP contribution is 2.61. The van der Waals surface area contributed by atoms with Gasteiger partial charge in [0.05, 0.1) is 26.9 Å². The summed E-state index contributed by atoms with van der Waals surface area (Å²) >= 11 is 0. The van der Waals surface area contributed by atoms with Crippen LogP contribution >= 0.6 is 0 Å². The minimum atomic E-state index is -0.343. The molecule has 0 radical (unpaired) electrons. The van der Waals surface area contributed by atoms with Crippen molar-refractivity contribution in [1.29, 1.82) is 0 Å². The maximum absolute atomic E-state index is 10.3. The lowest BCUT2D eigenvalue weighted by molar-refractivity contribution is -0.919. The molecule has 1 N–H and O–H groups in total. The zero-order chi connectivity index (χ0) is 16.6. The van der Waals surface area contributed by atoms with E-state index in [9.17, 15) is 5.11 Å². The van der Waals surface area contributed by atoms with Crippen LogP contribution < -0.4 is 24.0 Å². The van der Waals surface area contributed by atoms with E-state index in [1.54, 1.807) is 0 Å². The largest absolute Gasteiger partial charge is 1.00 e. The number of hydrogen-bond donors (Lipinski definition) is 1. The lowest BCUT2D eigenvalue weighted by Crippen LogP contribution is -3.00. The Hall–Kier alpha value is 0.570. The molecule has 25 heavy (non-hydrogen) atoms. The first-order chi connectivity index (χ1) is 11.5. The van der Waals surface area contributed by atoms with Crippen molar-refractivity contribution < 1.29 is 43.0 Å². The number of aliphatic hydroxyl groups is 1. The smallest absolute Gasteiger partial charge is 0.126 e. The second-order valence-corrected chi connectivity index (χ2v) is 9.76. The van der Waals surface area contributed by atoms with E-state index in [2.05, 4.69) is 7.05 Å². The topological polar surface area (TPSA) is 38.7 Å². The summed E-state index contributed by atoms with van der Waals surface area (Å²) in [5.41, 5.74) is 0.600. The van der Waals surface area contributed by atoms with Crippen LogP contribution in [-0.2, 0) is 9.47 Å². The summed E-state index contributed by atoms with van der Waals surface area (Å²) in [5, 5.41) is 10.3. The van der Waals surface area contributed by atoms with E-state index in [1.807, 2.05) is 0 Å². The van der Waals surface area contributed by atoms with Gasteiger partial charge in [0.2, 0.25) is 0 Å². The SMILES string of the molecule is C[N+]1(CC(O)COCCC23CC4CC(CC(C4)C2)C3)CCOCC1.[I-]. The van der Waals surface area contributed by atoms with Crippen LogP contribution in [0.2, 0.25) is 0 Å². The van der Waals surface area contributed by atoms with E-state index in [0.29, 0.717) is 12.0 Å². The maximum atomic E-state index is 10.3. The fraction of sp³-hybridized carbons (Fsp3) is 1.00. The summed E-state index contributed by atoms with van der Waals surface area (Å²) in [7, 11) is 2.22. The number of ether oxygens (including phenoxy) is 2. The molecule has 5 rings (SSSR count). The van der Waals surface area contributed by atoms with Crippen molar-refractivity contribution in [2.75, 3.05) is 53.1 Å². The van der Waals surface area contributed by atoms with Crippen LogP contribution in [0.1, 0.15) is 44.9 Å². The molecule has 0 aromatic carbocycles. The minimum Gasteiger partial charge on any atom is -1.00 e. The number of likely N-dealkylation sites (N-methyl/N-ethyl adjacent to an activating group) is 1. The number of aliphatic hydroxyl groups excluding tert-OH is 1. The average Bonchev–Trinajstić information content (AvgIpc) is 2.50. The predicted molar refractivity (Wildman–Crippen MR) is 93.7 cm³/mol. The Morgan fingerprint density at radius 2 is 1.64 bits per heavy atom. The van der Waals surface area contributed by atoms with Crippen LogP contribution in [-0.4, -0.2) is 68.8 Å². The molecule has 4 bridgehead atoms. The van der Waals surface area contributed by atoms with E-state index < -0.39 is 0 Å². The van der Waals surface area contributed by atoms with Crippen molar-refractivity contribution in [2.45, 2.75) is 51.0 Å². The summed E-state index contributed by atoms with van der Waals surface area (Å²) in [6, 6.07) is 0. The predicted octanol–water partition coefficient (Wildman–Crippen LogP) is -0.549. The van der Waals surface area contributed by atoms with Crippen molar-refractivity contribution in [3.05, 3.63) is 0 Å². The second-order valence-electron chi connectivity index (χ2n) is 9.76. The Labute approximate surface area is 170 Å². The fourth-order valence-corrected chi connectivity index (χ4v) is 6.63. The molecule has 1 aliphatic heterocycles. The standard InChI is InChI=1S/C20H36NO3.HI/c1-21(3-6-23-7-4-21)14-19(22)15-24-5-2-20-11-16-8-17(12-20)10-18(9-16)13-20;/h16-19,22H,2-15H2,1H3;1H/q+1;/p-1. The Bertz CT molecular complexity index is 403. The molecule has 4 aliphatic carbocycles. The van der Waals surface area contributed by atoms with E-state index in [-0.39, 0.29) is 30.1 Å². The maximum Gasteiger partial charge on any atom is 0.126 e. The molecular formula is C20H36INO3. The molecule has 1 heterocycles. The van der Waals surface area contributed by atoms with E-state index in [0.717, 1.165) is 61.7 Å². The molecule has 0 amide bonds. The number of rotatable bonds is 7. The molecule has 5 fully saturated rings. The minimum absolute atomic E-state index is 0. The van der Waals surface area contributed by atoms with Gasteiger partial charge < -0.3 is 43.0 Å². The van der Waals surface area contributed by atoms with Gasteiger partial charge in [-0.15, -0.1) is 0 Å². The molecule has 146 valence electrons. The van der Waals surface area contributed by atoms with Crippen LogP contribution in [0.4, 0.5) is 0 Å². The molecule has 4 saturated carbocycles. The van der Waals surface area contributed by atoms with E-state index in [4.69, 9.17) is 9.47 Å². The molecule has 0 aromatic heterocycles. The van der Waals surface area contributed by atoms with Gasteiger partial charge in [0.25, 0.3) is 0 Å². The third-order valence-corrected chi connectivity index (χ3v) is 7.45. The number of halogens is 1. The zero-order valence-electron chi connectivity index (χ0n) is 15.8.